The van der Waals surface area contributed by atoms with Gasteiger partial charge in [0, 0.05) is 30.3 Å². The molecule has 0 aliphatic heterocycles. The molecule has 0 bridgehead atoms. The Morgan fingerprint density at radius 2 is 1.74 bits per heavy atom. The Hall–Kier alpha value is -2.37. The average Bonchev–Trinajstić information content (AvgIpc) is 2.62. The van der Waals surface area contributed by atoms with Crippen LogP contribution in [-0.2, 0) is 4.79 Å². The number of anilines is 1. The van der Waals surface area contributed by atoms with Gasteiger partial charge in [0.2, 0.25) is 5.91 Å². The molecule has 27 heavy (non-hydrogen) atoms. The summed E-state index contributed by atoms with van der Waals surface area (Å²) in [6, 6.07) is 14.4. The van der Waals surface area contributed by atoms with Crippen molar-refractivity contribution in [3.8, 4) is 0 Å². The van der Waals surface area contributed by atoms with Crippen LogP contribution < -0.4 is 16.4 Å². The van der Waals surface area contributed by atoms with Crippen LogP contribution in [0.25, 0.3) is 0 Å². The van der Waals surface area contributed by atoms with Crippen molar-refractivity contribution in [2.24, 2.45) is 11.7 Å². The summed E-state index contributed by atoms with van der Waals surface area (Å²) >= 11 is 0. The van der Waals surface area contributed by atoms with Gasteiger partial charge in [0.25, 0.3) is 5.91 Å². The molecule has 0 fully saturated rings. The summed E-state index contributed by atoms with van der Waals surface area (Å²) in [5.74, 6) is 0.139. The van der Waals surface area contributed by atoms with E-state index in [4.69, 9.17) is 5.73 Å². The number of halogens is 1. The molecule has 0 saturated carbocycles. The van der Waals surface area contributed by atoms with Crippen molar-refractivity contribution in [1.29, 1.82) is 0 Å². The average molecular weight is 390 g/mol. The van der Waals surface area contributed by atoms with Gasteiger partial charge in [-0.3, -0.25) is 9.59 Å². The lowest BCUT2D eigenvalue weighted by Gasteiger charge is -2.14. The van der Waals surface area contributed by atoms with Crippen LogP contribution in [0.1, 0.15) is 47.8 Å². The Morgan fingerprint density at radius 1 is 1.07 bits per heavy atom. The van der Waals surface area contributed by atoms with E-state index in [-0.39, 0.29) is 36.7 Å². The summed E-state index contributed by atoms with van der Waals surface area (Å²) in [6.07, 6.45) is 0.195. The van der Waals surface area contributed by atoms with Crippen LogP contribution >= 0.6 is 12.4 Å². The predicted molar refractivity (Wildman–Crippen MR) is 112 cm³/mol. The van der Waals surface area contributed by atoms with Gasteiger partial charge in [-0.15, -0.1) is 12.4 Å². The molecule has 2 amide bonds. The smallest absolute Gasteiger partial charge is 0.251 e. The van der Waals surface area contributed by atoms with E-state index < -0.39 is 0 Å². The SMILES string of the molecule is Cc1cc(C(=O)NCC(C)C)ccc1NC(=O)CC(N)c1ccccc1.Cl. The fourth-order valence-electron chi connectivity index (χ4n) is 2.56. The van der Waals surface area contributed by atoms with E-state index in [1.165, 1.54) is 0 Å². The fraction of sp³-hybridized carbons (Fsp3) is 0.333. The second kappa shape index (κ2) is 10.7. The first-order chi connectivity index (χ1) is 12.4. The third-order valence-electron chi connectivity index (χ3n) is 4.07. The van der Waals surface area contributed by atoms with E-state index in [1.54, 1.807) is 18.2 Å². The highest BCUT2D eigenvalue weighted by Gasteiger charge is 2.13. The Bertz CT molecular complexity index is 763. The Morgan fingerprint density at radius 3 is 2.33 bits per heavy atom. The maximum Gasteiger partial charge on any atom is 0.251 e. The monoisotopic (exact) mass is 389 g/mol. The van der Waals surface area contributed by atoms with Crippen LogP contribution in [0.4, 0.5) is 5.69 Å². The summed E-state index contributed by atoms with van der Waals surface area (Å²) < 4.78 is 0. The molecule has 0 aliphatic carbocycles. The number of hydrogen-bond acceptors (Lipinski definition) is 3. The fourth-order valence-corrected chi connectivity index (χ4v) is 2.56. The number of rotatable bonds is 7. The van der Waals surface area contributed by atoms with Crippen LogP contribution in [0.5, 0.6) is 0 Å². The highest BCUT2D eigenvalue weighted by molar-refractivity contribution is 5.96. The highest BCUT2D eigenvalue weighted by Crippen LogP contribution is 2.19. The van der Waals surface area contributed by atoms with Crippen LogP contribution in [0.3, 0.4) is 0 Å². The second-order valence-electron chi connectivity index (χ2n) is 6.90. The van der Waals surface area contributed by atoms with Gasteiger partial charge in [-0.05, 0) is 42.2 Å². The molecule has 6 heteroatoms. The molecule has 0 aliphatic rings. The largest absolute Gasteiger partial charge is 0.352 e. The molecule has 0 radical (unpaired) electrons. The minimum Gasteiger partial charge on any atom is -0.352 e. The molecule has 4 N–H and O–H groups in total. The van der Waals surface area contributed by atoms with Gasteiger partial charge in [0.1, 0.15) is 0 Å². The van der Waals surface area contributed by atoms with E-state index in [1.807, 2.05) is 51.1 Å². The summed E-state index contributed by atoms with van der Waals surface area (Å²) in [7, 11) is 0. The van der Waals surface area contributed by atoms with E-state index in [0.717, 1.165) is 11.1 Å². The van der Waals surface area contributed by atoms with Gasteiger partial charge in [0.05, 0.1) is 0 Å². The molecule has 1 unspecified atom stereocenters. The molecule has 0 saturated heterocycles. The minimum atomic E-state index is -0.349. The molecular weight excluding hydrogens is 362 g/mol. The number of amides is 2. The van der Waals surface area contributed by atoms with Crippen LogP contribution in [0, 0.1) is 12.8 Å². The zero-order valence-electron chi connectivity index (χ0n) is 16.0. The third kappa shape index (κ3) is 7.04. The van der Waals surface area contributed by atoms with Crippen molar-refractivity contribution in [2.75, 3.05) is 11.9 Å². The maximum absolute atomic E-state index is 12.3. The molecule has 5 nitrogen and oxygen atoms in total. The van der Waals surface area contributed by atoms with Gasteiger partial charge in [-0.1, -0.05) is 44.2 Å². The Kier molecular flexibility index (Phi) is 8.98. The molecule has 0 spiro atoms. The number of carbonyl (C=O) groups is 2. The Labute approximate surface area is 167 Å². The molecule has 2 rings (SSSR count). The zero-order valence-corrected chi connectivity index (χ0v) is 16.8. The first kappa shape index (κ1) is 22.7. The van der Waals surface area contributed by atoms with Crippen molar-refractivity contribution >= 4 is 29.9 Å². The molecule has 0 heterocycles. The van der Waals surface area contributed by atoms with Crippen molar-refractivity contribution in [2.45, 2.75) is 33.2 Å². The van der Waals surface area contributed by atoms with E-state index in [0.29, 0.717) is 23.7 Å². The van der Waals surface area contributed by atoms with E-state index >= 15 is 0 Å². The van der Waals surface area contributed by atoms with Crippen LogP contribution in [0.2, 0.25) is 0 Å². The normalized spacial score (nSPS) is 11.4. The van der Waals surface area contributed by atoms with Gasteiger partial charge >= 0.3 is 0 Å². The van der Waals surface area contributed by atoms with Gasteiger partial charge in [-0.25, -0.2) is 0 Å². The molecule has 146 valence electrons. The van der Waals surface area contributed by atoms with Gasteiger partial charge in [-0.2, -0.15) is 0 Å². The topological polar surface area (TPSA) is 84.2 Å². The summed E-state index contributed by atoms with van der Waals surface area (Å²) in [6.45, 7) is 6.59. The lowest BCUT2D eigenvalue weighted by molar-refractivity contribution is -0.116. The number of aryl methyl sites for hydroxylation is 1. The number of hydrogen-bond donors (Lipinski definition) is 3. The number of carbonyl (C=O) groups excluding carboxylic acids is 2. The third-order valence-corrected chi connectivity index (χ3v) is 4.07. The molecule has 1 atom stereocenters. The summed E-state index contributed by atoms with van der Waals surface area (Å²) in [5.41, 5.74) is 9.14. The first-order valence-electron chi connectivity index (χ1n) is 8.86. The standard InChI is InChI=1S/C21H27N3O2.ClH/c1-14(2)13-23-21(26)17-9-10-19(15(3)11-17)24-20(25)12-18(22)16-7-5-4-6-8-16;/h4-11,14,18H,12-13,22H2,1-3H3,(H,23,26)(H,24,25);1H. The second-order valence-corrected chi connectivity index (χ2v) is 6.90. The van der Waals surface area contributed by atoms with E-state index in [2.05, 4.69) is 10.6 Å². The Balaban J connectivity index is 0.00000364. The zero-order chi connectivity index (χ0) is 19.1. The molecule has 0 aromatic heterocycles. The maximum atomic E-state index is 12.3. The lowest BCUT2D eigenvalue weighted by Crippen LogP contribution is -2.27. The van der Waals surface area contributed by atoms with Crippen LogP contribution in [-0.4, -0.2) is 18.4 Å². The lowest BCUT2D eigenvalue weighted by atomic mass is 10.0. The minimum absolute atomic E-state index is 0. The van der Waals surface area contributed by atoms with Crippen molar-refractivity contribution in [3.63, 3.8) is 0 Å². The van der Waals surface area contributed by atoms with Crippen molar-refractivity contribution < 1.29 is 9.59 Å². The molecule has 2 aromatic carbocycles. The summed E-state index contributed by atoms with van der Waals surface area (Å²) in [5, 5.41) is 5.76. The number of benzene rings is 2. The first-order valence-corrected chi connectivity index (χ1v) is 8.86. The highest BCUT2D eigenvalue weighted by atomic mass is 35.5. The van der Waals surface area contributed by atoms with Crippen molar-refractivity contribution in [3.05, 3.63) is 65.2 Å². The molecular formula is C21H28ClN3O2. The van der Waals surface area contributed by atoms with Gasteiger partial charge in [0.15, 0.2) is 0 Å². The molecule has 2 aromatic rings. The van der Waals surface area contributed by atoms with Crippen molar-refractivity contribution in [1.82, 2.24) is 5.32 Å². The number of nitrogens with two attached hydrogens (primary N) is 1. The predicted octanol–water partition coefficient (Wildman–Crippen LogP) is 3.83. The quantitative estimate of drug-likeness (QED) is 0.672. The van der Waals surface area contributed by atoms with E-state index in [9.17, 15) is 9.59 Å². The van der Waals surface area contributed by atoms with Gasteiger partial charge < -0.3 is 16.4 Å². The van der Waals surface area contributed by atoms with Crippen LogP contribution in [0.15, 0.2) is 48.5 Å². The number of nitrogens with one attached hydrogen (secondary N) is 2. The summed E-state index contributed by atoms with van der Waals surface area (Å²) in [4.78, 5) is 24.4.